The summed E-state index contributed by atoms with van der Waals surface area (Å²) in [6.45, 7) is 4.98. The molecule has 0 saturated carbocycles. The second-order valence-electron chi connectivity index (χ2n) is 16.1. The molecule has 3 nitrogen and oxygen atoms in total. The summed E-state index contributed by atoms with van der Waals surface area (Å²) in [6, 6.07) is 71.3. The van der Waals surface area contributed by atoms with Gasteiger partial charge in [0.05, 0.1) is 15.7 Å². The van der Waals surface area contributed by atoms with E-state index in [4.69, 9.17) is 0 Å². The number of hydrogen-bond donors (Lipinski definition) is 0. The van der Waals surface area contributed by atoms with Gasteiger partial charge in [0.25, 0.3) is 0 Å². The highest BCUT2D eigenvalue weighted by Gasteiger charge is 2.45. The first-order valence-electron chi connectivity index (χ1n) is 20.1. The molecule has 0 saturated heterocycles. The Labute approximate surface area is 342 Å². The molecule has 0 atom stereocenters. The van der Waals surface area contributed by atoms with Gasteiger partial charge in [0.2, 0.25) is 6.71 Å². The van der Waals surface area contributed by atoms with Crippen LogP contribution in [0.1, 0.15) is 25.0 Å². The lowest BCUT2D eigenvalue weighted by atomic mass is 9.30. The molecule has 4 heterocycles. The standard InChI is InChI=1S/C53H38BN3S/c1-53(2)43-27-15-16-28-45(43)54-46-29-17-26-42-50(46)57(47-33-40(32-44(53)49(47)54)56(37-22-11-5-12-23-37)38-24-13-6-14-25-38)51-41-31-30-39(34-48(41)58-52(42)51)55(35-18-7-3-8-19-35)36-20-9-4-10-21-36/h3-34H,1-2H3. The number of fused-ring (bicyclic) bond motifs is 9. The van der Waals surface area contributed by atoms with Crippen molar-refractivity contribution in [2.75, 3.05) is 9.80 Å². The molecule has 8 aromatic carbocycles. The summed E-state index contributed by atoms with van der Waals surface area (Å²) in [5.74, 6) is 0. The predicted molar refractivity (Wildman–Crippen MR) is 249 cm³/mol. The Kier molecular flexibility index (Phi) is 7.24. The van der Waals surface area contributed by atoms with E-state index in [2.05, 4.69) is 222 Å². The molecule has 10 aromatic rings. The summed E-state index contributed by atoms with van der Waals surface area (Å²) >= 11 is 1.92. The van der Waals surface area contributed by atoms with Gasteiger partial charge < -0.3 is 14.4 Å². The maximum Gasteiger partial charge on any atom is 0.247 e. The van der Waals surface area contributed by atoms with Gasteiger partial charge in [-0.2, -0.15) is 0 Å². The number of para-hydroxylation sites is 5. The van der Waals surface area contributed by atoms with Crippen molar-refractivity contribution in [2.45, 2.75) is 19.3 Å². The molecule has 58 heavy (non-hydrogen) atoms. The number of hydrogen-bond acceptors (Lipinski definition) is 3. The number of anilines is 6. The van der Waals surface area contributed by atoms with E-state index in [0.29, 0.717) is 0 Å². The molecule has 0 N–H and O–H groups in total. The van der Waals surface area contributed by atoms with Gasteiger partial charge >= 0.3 is 0 Å². The highest BCUT2D eigenvalue weighted by atomic mass is 32.1. The van der Waals surface area contributed by atoms with Crippen molar-refractivity contribution in [1.29, 1.82) is 0 Å². The molecule has 274 valence electrons. The number of rotatable bonds is 6. The molecule has 0 spiro atoms. The molecule has 0 unspecified atom stereocenters. The summed E-state index contributed by atoms with van der Waals surface area (Å²) in [5, 5.41) is 2.60. The van der Waals surface area contributed by atoms with Crippen molar-refractivity contribution < 1.29 is 0 Å². The molecular weight excluding hydrogens is 721 g/mol. The lowest BCUT2D eigenvalue weighted by Crippen LogP contribution is -2.63. The van der Waals surface area contributed by atoms with Crippen LogP contribution in [0.4, 0.5) is 34.1 Å². The SMILES string of the molecule is CC1(C)c2ccccc2B2c3c(cc(N(c4ccccc4)c4ccccc4)cc31)-n1c3c2cccc3c2sc3cc(N(c4ccccc4)c4ccccc4)ccc3c21. The third kappa shape index (κ3) is 4.74. The number of aromatic nitrogens is 1. The van der Waals surface area contributed by atoms with Crippen molar-refractivity contribution in [2.24, 2.45) is 0 Å². The average Bonchev–Trinajstić information content (AvgIpc) is 3.80. The van der Waals surface area contributed by atoms with Gasteiger partial charge in [-0.05, 0) is 101 Å². The van der Waals surface area contributed by atoms with Crippen molar-refractivity contribution in [3.8, 4) is 5.69 Å². The average molecular weight is 760 g/mol. The maximum atomic E-state index is 2.64. The van der Waals surface area contributed by atoms with Crippen LogP contribution >= 0.6 is 11.3 Å². The van der Waals surface area contributed by atoms with Crippen LogP contribution in [0, 0.1) is 0 Å². The molecule has 0 fully saturated rings. The quantitative estimate of drug-likeness (QED) is 0.156. The molecule has 5 heteroatoms. The molecule has 0 bridgehead atoms. The van der Waals surface area contributed by atoms with Crippen LogP contribution in [0.3, 0.4) is 0 Å². The van der Waals surface area contributed by atoms with Crippen LogP contribution < -0.4 is 26.2 Å². The summed E-state index contributed by atoms with van der Waals surface area (Å²) in [6.07, 6.45) is 0. The van der Waals surface area contributed by atoms with E-state index in [9.17, 15) is 0 Å². The van der Waals surface area contributed by atoms with Crippen molar-refractivity contribution in [1.82, 2.24) is 4.57 Å². The topological polar surface area (TPSA) is 11.4 Å². The minimum Gasteiger partial charge on any atom is -0.310 e. The van der Waals surface area contributed by atoms with Gasteiger partial charge in [0, 0.05) is 60.7 Å². The predicted octanol–water partition coefficient (Wildman–Crippen LogP) is 12.4. The largest absolute Gasteiger partial charge is 0.310 e. The van der Waals surface area contributed by atoms with E-state index < -0.39 is 0 Å². The zero-order chi connectivity index (χ0) is 38.5. The molecule has 2 aliphatic heterocycles. The second-order valence-corrected chi connectivity index (χ2v) is 17.2. The first-order chi connectivity index (χ1) is 28.6. The van der Waals surface area contributed by atoms with Crippen LogP contribution in [0.25, 0.3) is 36.9 Å². The maximum absolute atomic E-state index is 2.64. The van der Waals surface area contributed by atoms with Gasteiger partial charge in [0.15, 0.2) is 0 Å². The van der Waals surface area contributed by atoms with Crippen molar-refractivity contribution in [3.63, 3.8) is 0 Å². The minimum atomic E-state index is -0.228. The fraction of sp³-hybridized carbons (Fsp3) is 0.0566. The highest BCUT2D eigenvalue weighted by Crippen LogP contribution is 2.48. The third-order valence-electron chi connectivity index (χ3n) is 12.6. The zero-order valence-electron chi connectivity index (χ0n) is 32.3. The monoisotopic (exact) mass is 759 g/mol. The van der Waals surface area contributed by atoms with Crippen molar-refractivity contribution in [3.05, 3.63) is 205 Å². The van der Waals surface area contributed by atoms with E-state index >= 15 is 0 Å². The molecule has 0 amide bonds. The molecule has 2 aromatic heterocycles. The molecular formula is C53H38BN3S. The van der Waals surface area contributed by atoms with E-state index in [1.54, 1.807) is 0 Å². The molecule has 12 rings (SSSR count). The molecule has 0 aliphatic carbocycles. The third-order valence-corrected chi connectivity index (χ3v) is 13.8. The van der Waals surface area contributed by atoms with Crippen LogP contribution in [0.5, 0.6) is 0 Å². The Hall–Kier alpha value is -6.82. The van der Waals surface area contributed by atoms with Gasteiger partial charge in [-0.1, -0.05) is 135 Å². The Morgan fingerprint density at radius 1 is 0.448 bits per heavy atom. The van der Waals surface area contributed by atoms with Crippen LogP contribution in [-0.2, 0) is 5.41 Å². The fourth-order valence-corrected chi connectivity index (χ4v) is 11.3. The van der Waals surface area contributed by atoms with E-state index in [1.807, 2.05) is 11.3 Å². The Morgan fingerprint density at radius 2 is 1.00 bits per heavy atom. The van der Waals surface area contributed by atoms with E-state index in [-0.39, 0.29) is 12.1 Å². The highest BCUT2D eigenvalue weighted by molar-refractivity contribution is 7.26. The van der Waals surface area contributed by atoms with Crippen LogP contribution in [0.15, 0.2) is 194 Å². The van der Waals surface area contributed by atoms with Crippen molar-refractivity contribution >= 4 is 99.8 Å². The lowest BCUT2D eigenvalue weighted by Gasteiger charge is -2.43. The zero-order valence-corrected chi connectivity index (χ0v) is 33.1. The van der Waals surface area contributed by atoms with Gasteiger partial charge in [-0.25, -0.2) is 0 Å². The summed E-state index contributed by atoms with van der Waals surface area (Å²) in [7, 11) is 0. The van der Waals surface area contributed by atoms with Crippen LogP contribution in [-0.4, -0.2) is 11.3 Å². The summed E-state index contributed by atoms with van der Waals surface area (Å²) in [5.41, 5.74) is 17.5. The van der Waals surface area contributed by atoms with Gasteiger partial charge in [-0.3, -0.25) is 0 Å². The number of benzene rings is 8. The van der Waals surface area contributed by atoms with Gasteiger partial charge in [0.1, 0.15) is 0 Å². The minimum absolute atomic E-state index is 0.133. The Balaban J connectivity index is 1.17. The smallest absolute Gasteiger partial charge is 0.247 e. The summed E-state index contributed by atoms with van der Waals surface area (Å²) in [4.78, 5) is 4.80. The fourth-order valence-electron chi connectivity index (χ4n) is 10.1. The second kappa shape index (κ2) is 12.6. The molecule has 2 aliphatic rings. The van der Waals surface area contributed by atoms with E-state index in [0.717, 1.165) is 34.1 Å². The normalized spacial score (nSPS) is 13.4. The first-order valence-corrected chi connectivity index (χ1v) is 21.0. The molecule has 0 radical (unpaired) electrons. The Bertz CT molecular complexity index is 3130. The summed E-state index contributed by atoms with van der Waals surface area (Å²) < 4.78 is 5.26. The van der Waals surface area contributed by atoms with Crippen LogP contribution in [0.2, 0.25) is 0 Å². The van der Waals surface area contributed by atoms with Gasteiger partial charge in [-0.15, -0.1) is 11.3 Å². The number of nitrogens with zero attached hydrogens (tertiary/aromatic N) is 3. The lowest BCUT2D eigenvalue weighted by molar-refractivity contribution is 0.645. The number of thiophene rings is 1. The Morgan fingerprint density at radius 3 is 1.62 bits per heavy atom. The van der Waals surface area contributed by atoms with E-state index in [1.165, 1.54) is 64.4 Å². The first kappa shape index (κ1) is 33.3.